The van der Waals surface area contributed by atoms with E-state index in [2.05, 4.69) is 17.5 Å². The van der Waals surface area contributed by atoms with E-state index < -0.39 is 0 Å². The Hall–Kier alpha value is -0.340. The summed E-state index contributed by atoms with van der Waals surface area (Å²) in [5.41, 5.74) is 0. The van der Waals surface area contributed by atoms with Gasteiger partial charge in [0.2, 0.25) is 0 Å². The van der Waals surface area contributed by atoms with Crippen LogP contribution in [0.5, 0.6) is 0 Å². The molecule has 2 heteroatoms. The Morgan fingerprint density at radius 1 is 1.12 bits per heavy atom. The SMILES string of the molecule is C1=CC2CC1CC2CNC1CC2CCC1O2. The smallest absolute Gasteiger partial charge is 0.0733 e. The second-order valence-electron chi connectivity index (χ2n) is 6.16. The summed E-state index contributed by atoms with van der Waals surface area (Å²) < 4.78 is 5.89. The van der Waals surface area contributed by atoms with Gasteiger partial charge in [-0.05, 0) is 56.4 Å². The lowest BCUT2D eigenvalue weighted by molar-refractivity contribution is 0.0967. The van der Waals surface area contributed by atoms with Gasteiger partial charge >= 0.3 is 0 Å². The van der Waals surface area contributed by atoms with Crippen LogP contribution in [0.15, 0.2) is 12.2 Å². The Morgan fingerprint density at radius 3 is 2.75 bits per heavy atom. The molecule has 4 rings (SSSR count). The molecule has 4 aliphatic rings. The van der Waals surface area contributed by atoms with E-state index in [1.165, 1.54) is 38.6 Å². The third kappa shape index (κ3) is 1.46. The molecule has 16 heavy (non-hydrogen) atoms. The minimum Gasteiger partial charge on any atom is -0.373 e. The summed E-state index contributed by atoms with van der Waals surface area (Å²) in [5, 5.41) is 3.78. The Balaban J connectivity index is 1.32. The van der Waals surface area contributed by atoms with Crippen molar-refractivity contribution in [3.8, 4) is 0 Å². The van der Waals surface area contributed by atoms with E-state index in [1.807, 2.05) is 0 Å². The van der Waals surface area contributed by atoms with E-state index in [9.17, 15) is 0 Å². The summed E-state index contributed by atoms with van der Waals surface area (Å²) in [7, 11) is 0. The largest absolute Gasteiger partial charge is 0.373 e. The van der Waals surface area contributed by atoms with Crippen molar-refractivity contribution in [3.05, 3.63) is 12.2 Å². The molecule has 0 aromatic heterocycles. The predicted molar refractivity (Wildman–Crippen MR) is 63.1 cm³/mol. The molecule has 0 aromatic rings. The molecule has 0 spiro atoms. The number of rotatable bonds is 3. The van der Waals surface area contributed by atoms with Gasteiger partial charge in [-0.25, -0.2) is 0 Å². The topological polar surface area (TPSA) is 21.3 Å². The number of nitrogens with one attached hydrogen (secondary N) is 1. The Morgan fingerprint density at radius 2 is 2.12 bits per heavy atom. The van der Waals surface area contributed by atoms with Crippen LogP contribution in [0.3, 0.4) is 0 Å². The van der Waals surface area contributed by atoms with Crippen LogP contribution >= 0.6 is 0 Å². The number of allylic oxidation sites excluding steroid dienone is 2. The number of hydrogen-bond acceptors (Lipinski definition) is 2. The van der Waals surface area contributed by atoms with Crippen LogP contribution in [0.1, 0.15) is 32.1 Å². The van der Waals surface area contributed by atoms with E-state index in [-0.39, 0.29) is 0 Å². The summed E-state index contributed by atoms with van der Waals surface area (Å²) in [6.07, 6.45) is 12.7. The monoisotopic (exact) mass is 219 g/mol. The zero-order chi connectivity index (χ0) is 10.5. The highest BCUT2D eigenvalue weighted by Gasteiger charge is 2.41. The third-order valence-corrected chi connectivity index (χ3v) is 5.16. The molecule has 4 bridgehead atoms. The first kappa shape index (κ1) is 9.67. The number of hydrogen-bond donors (Lipinski definition) is 1. The van der Waals surface area contributed by atoms with Crippen LogP contribution in [0.4, 0.5) is 0 Å². The molecular formula is C14H21NO. The number of fused-ring (bicyclic) bond motifs is 4. The van der Waals surface area contributed by atoms with Crippen molar-refractivity contribution in [2.45, 2.75) is 50.4 Å². The normalized spacial score (nSPS) is 53.0. The van der Waals surface area contributed by atoms with Crippen LogP contribution in [0.2, 0.25) is 0 Å². The maximum Gasteiger partial charge on any atom is 0.0733 e. The molecule has 3 fully saturated rings. The average Bonchev–Trinajstić information content (AvgIpc) is 3.05. The first-order chi connectivity index (χ1) is 7.88. The van der Waals surface area contributed by atoms with Crippen molar-refractivity contribution in [2.75, 3.05) is 6.54 Å². The first-order valence-electron chi connectivity index (χ1n) is 6.95. The molecule has 1 N–H and O–H groups in total. The van der Waals surface area contributed by atoms with Gasteiger partial charge in [-0.1, -0.05) is 12.2 Å². The molecule has 88 valence electrons. The van der Waals surface area contributed by atoms with Crippen molar-refractivity contribution in [1.29, 1.82) is 0 Å². The van der Waals surface area contributed by atoms with Crippen molar-refractivity contribution in [1.82, 2.24) is 5.32 Å². The van der Waals surface area contributed by atoms with Gasteiger partial charge in [0.15, 0.2) is 0 Å². The van der Waals surface area contributed by atoms with Gasteiger partial charge in [-0.3, -0.25) is 0 Å². The highest BCUT2D eigenvalue weighted by molar-refractivity contribution is 5.10. The number of ether oxygens (including phenoxy) is 1. The Labute approximate surface area is 97.4 Å². The predicted octanol–water partition coefficient (Wildman–Crippen LogP) is 2.11. The molecule has 6 atom stereocenters. The lowest BCUT2D eigenvalue weighted by atomic mass is 9.91. The van der Waals surface area contributed by atoms with Gasteiger partial charge < -0.3 is 10.1 Å². The first-order valence-corrected chi connectivity index (χ1v) is 6.95. The molecule has 0 radical (unpaired) electrons. The van der Waals surface area contributed by atoms with Crippen molar-refractivity contribution < 1.29 is 4.74 Å². The lowest BCUT2D eigenvalue weighted by Crippen LogP contribution is -2.40. The van der Waals surface area contributed by atoms with Crippen LogP contribution in [0, 0.1) is 17.8 Å². The molecule has 2 aliphatic carbocycles. The molecule has 2 saturated heterocycles. The minimum absolute atomic E-state index is 0.541. The fraction of sp³-hybridized carbons (Fsp3) is 0.857. The van der Waals surface area contributed by atoms with E-state index in [0.29, 0.717) is 18.2 Å². The lowest BCUT2D eigenvalue weighted by Gasteiger charge is -2.24. The van der Waals surface area contributed by atoms with Gasteiger partial charge in [-0.2, -0.15) is 0 Å². The minimum atomic E-state index is 0.541. The summed E-state index contributed by atoms with van der Waals surface area (Å²) in [5.74, 6) is 2.71. The van der Waals surface area contributed by atoms with E-state index in [4.69, 9.17) is 4.74 Å². The molecule has 0 aromatic carbocycles. The van der Waals surface area contributed by atoms with Gasteiger partial charge in [0, 0.05) is 6.04 Å². The van der Waals surface area contributed by atoms with Gasteiger partial charge in [0.1, 0.15) is 0 Å². The summed E-state index contributed by atoms with van der Waals surface area (Å²) in [6, 6.07) is 0.668. The maximum absolute atomic E-state index is 5.89. The average molecular weight is 219 g/mol. The molecule has 0 amide bonds. The summed E-state index contributed by atoms with van der Waals surface area (Å²) in [6.45, 7) is 1.22. The van der Waals surface area contributed by atoms with Crippen LogP contribution in [0.25, 0.3) is 0 Å². The standard InChI is InChI=1S/C14H21NO/c1-2-10-5-9(1)6-11(10)8-15-13-7-12-3-4-14(13)16-12/h1-2,9-15H,3-8H2. The van der Waals surface area contributed by atoms with Crippen LogP contribution < -0.4 is 5.32 Å². The van der Waals surface area contributed by atoms with Gasteiger partial charge in [-0.15, -0.1) is 0 Å². The van der Waals surface area contributed by atoms with Crippen LogP contribution in [-0.2, 0) is 4.74 Å². The van der Waals surface area contributed by atoms with Crippen molar-refractivity contribution >= 4 is 0 Å². The summed E-state index contributed by atoms with van der Waals surface area (Å²) >= 11 is 0. The van der Waals surface area contributed by atoms with E-state index in [0.717, 1.165) is 17.8 Å². The van der Waals surface area contributed by atoms with Crippen LogP contribution in [-0.4, -0.2) is 24.8 Å². The van der Waals surface area contributed by atoms with Crippen molar-refractivity contribution in [3.63, 3.8) is 0 Å². The fourth-order valence-electron chi connectivity index (χ4n) is 4.28. The molecule has 6 unspecified atom stereocenters. The second kappa shape index (κ2) is 3.58. The quantitative estimate of drug-likeness (QED) is 0.734. The molecule has 2 nitrogen and oxygen atoms in total. The fourth-order valence-corrected chi connectivity index (χ4v) is 4.28. The highest BCUT2D eigenvalue weighted by atomic mass is 16.5. The van der Waals surface area contributed by atoms with Gasteiger partial charge in [0.05, 0.1) is 12.2 Å². The van der Waals surface area contributed by atoms with E-state index >= 15 is 0 Å². The summed E-state index contributed by atoms with van der Waals surface area (Å²) in [4.78, 5) is 0. The van der Waals surface area contributed by atoms with Gasteiger partial charge in [0.25, 0.3) is 0 Å². The molecule has 2 heterocycles. The Kier molecular flexibility index (Phi) is 2.16. The zero-order valence-corrected chi connectivity index (χ0v) is 9.77. The second-order valence-corrected chi connectivity index (χ2v) is 6.16. The third-order valence-electron chi connectivity index (χ3n) is 5.16. The molecular weight excluding hydrogens is 198 g/mol. The maximum atomic E-state index is 5.89. The Bertz CT molecular complexity index is 314. The molecule has 1 saturated carbocycles. The zero-order valence-electron chi connectivity index (χ0n) is 9.77. The highest BCUT2D eigenvalue weighted by Crippen LogP contribution is 2.43. The molecule has 2 aliphatic heterocycles. The van der Waals surface area contributed by atoms with E-state index in [1.54, 1.807) is 0 Å². The van der Waals surface area contributed by atoms with Crippen molar-refractivity contribution in [2.24, 2.45) is 17.8 Å².